The molecule has 0 spiro atoms. The molecule has 0 saturated heterocycles. The van der Waals surface area contributed by atoms with Gasteiger partial charge in [-0.25, -0.2) is 9.78 Å². The molecule has 5 nitrogen and oxygen atoms in total. The van der Waals surface area contributed by atoms with E-state index >= 15 is 0 Å². The molecule has 22 heavy (non-hydrogen) atoms. The molecule has 0 N–H and O–H groups in total. The summed E-state index contributed by atoms with van der Waals surface area (Å²) in [5.74, 6) is -0.603. The topological polar surface area (TPSA) is 59.5 Å². The Bertz CT molecular complexity index is 496. The summed E-state index contributed by atoms with van der Waals surface area (Å²) in [6, 6.07) is 2.99. The molecule has 0 saturated carbocycles. The lowest BCUT2D eigenvalue weighted by Crippen LogP contribution is -2.08. The van der Waals surface area contributed by atoms with Crippen molar-refractivity contribution in [3.05, 3.63) is 41.9 Å². The Kier molecular flexibility index (Phi) is 10.4. The Morgan fingerprint density at radius 1 is 1.32 bits per heavy atom. The molecule has 0 aliphatic carbocycles. The number of rotatable bonds is 6. The first-order valence-electron chi connectivity index (χ1n) is 7.39. The van der Waals surface area contributed by atoms with Crippen LogP contribution in [0.4, 0.5) is 0 Å². The van der Waals surface area contributed by atoms with Crippen molar-refractivity contribution in [2.75, 3.05) is 20.7 Å². The standard InChI is InChI=1S/C10H11NO3.C7H15N/c1-3-14-10(13)9-6-8(7(2)12)4-5-11-9;1-4-5-6-7-8(2)3/h4-6H,3H2,1-2H3;6-7H,4-5H2,1-3H3/b;7-6-. The van der Waals surface area contributed by atoms with Gasteiger partial charge in [-0.1, -0.05) is 19.4 Å². The Balaban J connectivity index is 0.000000472. The van der Waals surface area contributed by atoms with Crippen LogP contribution < -0.4 is 0 Å². The molecular weight excluding hydrogens is 280 g/mol. The summed E-state index contributed by atoms with van der Waals surface area (Å²) < 4.78 is 4.75. The zero-order chi connectivity index (χ0) is 17.0. The van der Waals surface area contributed by atoms with Crippen LogP contribution in [0.25, 0.3) is 0 Å². The molecule has 0 aromatic carbocycles. The third-order valence-corrected chi connectivity index (χ3v) is 2.51. The summed E-state index contributed by atoms with van der Waals surface area (Å²) >= 11 is 0. The monoisotopic (exact) mass is 306 g/mol. The van der Waals surface area contributed by atoms with Crippen LogP contribution >= 0.6 is 0 Å². The van der Waals surface area contributed by atoms with Crippen molar-refractivity contribution in [1.82, 2.24) is 9.88 Å². The lowest BCUT2D eigenvalue weighted by Gasteiger charge is -2.01. The molecule has 0 atom stereocenters. The van der Waals surface area contributed by atoms with Crippen LogP contribution in [-0.4, -0.2) is 42.3 Å². The molecule has 1 aromatic heterocycles. The van der Waals surface area contributed by atoms with Crippen LogP contribution in [0, 0.1) is 0 Å². The van der Waals surface area contributed by atoms with Crippen molar-refractivity contribution in [1.29, 1.82) is 0 Å². The van der Waals surface area contributed by atoms with Crippen molar-refractivity contribution < 1.29 is 14.3 Å². The highest BCUT2D eigenvalue weighted by molar-refractivity contribution is 5.96. The maximum absolute atomic E-state index is 11.2. The highest BCUT2D eigenvalue weighted by Gasteiger charge is 2.09. The van der Waals surface area contributed by atoms with Gasteiger partial charge in [0.15, 0.2) is 5.78 Å². The van der Waals surface area contributed by atoms with Gasteiger partial charge in [-0.3, -0.25) is 4.79 Å². The quantitative estimate of drug-likeness (QED) is 0.596. The van der Waals surface area contributed by atoms with E-state index in [1.54, 1.807) is 13.0 Å². The number of hydrogen-bond donors (Lipinski definition) is 0. The van der Waals surface area contributed by atoms with Crippen LogP contribution in [0.1, 0.15) is 54.5 Å². The van der Waals surface area contributed by atoms with Gasteiger partial charge in [0.1, 0.15) is 5.69 Å². The van der Waals surface area contributed by atoms with Crippen LogP contribution in [0.15, 0.2) is 30.6 Å². The Morgan fingerprint density at radius 3 is 2.50 bits per heavy atom. The summed E-state index contributed by atoms with van der Waals surface area (Å²) in [4.78, 5) is 28.1. The van der Waals surface area contributed by atoms with Gasteiger partial charge in [0, 0.05) is 25.9 Å². The fraction of sp³-hybridized carbons (Fsp3) is 0.471. The zero-order valence-corrected chi connectivity index (χ0v) is 14.1. The number of esters is 1. The van der Waals surface area contributed by atoms with Crippen molar-refractivity contribution in [3.63, 3.8) is 0 Å². The first kappa shape index (κ1) is 19.8. The number of unbranched alkanes of at least 4 members (excludes halogenated alkanes) is 1. The minimum atomic E-state index is -0.504. The molecule has 0 unspecified atom stereocenters. The van der Waals surface area contributed by atoms with Crippen molar-refractivity contribution in [2.45, 2.75) is 33.6 Å². The van der Waals surface area contributed by atoms with Crippen LogP contribution in [0.2, 0.25) is 0 Å². The first-order valence-corrected chi connectivity index (χ1v) is 7.39. The molecule has 0 amide bonds. The number of allylic oxidation sites excluding steroid dienone is 1. The number of Topliss-reactive ketones (excluding diaryl/α,β-unsaturated/α-hetero) is 1. The summed E-state index contributed by atoms with van der Waals surface area (Å²) in [5.41, 5.74) is 0.627. The van der Waals surface area contributed by atoms with Gasteiger partial charge in [0.25, 0.3) is 0 Å². The average molecular weight is 306 g/mol. The number of ether oxygens (including phenoxy) is 1. The Labute approximate surface area is 133 Å². The van der Waals surface area contributed by atoms with Gasteiger partial charge in [0.2, 0.25) is 0 Å². The van der Waals surface area contributed by atoms with Gasteiger partial charge in [-0.05, 0) is 38.6 Å². The van der Waals surface area contributed by atoms with Gasteiger partial charge in [-0.15, -0.1) is 0 Å². The Morgan fingerprint density at radius 2 is 2.00 bits per heavy atom. The second-order valence-electron chi connectivity index (χ2n) is 4.84. The molecule has 1 rings (SSSR count). The average Bonchev–Trinajstić information content (AvgIpc) is 2.48. The van der Waals surface area contributed by atoms with Gasteiger partial charge < -0.3 is 9.64 Å². The van der Waals surface area contributed by atoms with E-state index in [1.807, 2.05) is 14.1 Å². The normalized spacial score (nSPS) is 9.86. The van der Waals surface area contributed by atoms with Crippen molar-refractivity contribution in [3.8, 4) is 0 Å². The van der Waals surface area contributed by atoms with E-state index in [0.29, 0.717) is 12.2 Å². The fourth-order valence-corrected chi connectivity index (χ4v) is 1.42. The van der Waals surface area contributed by atoms with E-state index in [9.17, 15) is 9.59 Å². The van der Waals surface area contributed by atoms with Crippen molar-refractivity contribution in [2.24, 2.45) is 0 Å². The molecule has 5 heteroatoms. The molecule has 0 radical (unpaired) electrons. The largest absolute Gasteiger partial charge is 0.461 e. The summed E-state index contributed by atoms with van der Waals surface area (Å²) in [6.07, 6.45) is 8.12. The maximum atomic E-state index is 11.2. The summed E-state index contributed by atoms with van der Waals surface area (Å²) in [7, 11) is 4.07. The van der Waals surface area contributed by atoms with E-state index in [1.165, 1.54) is 32.0 Å². The minimum absolute atomic E-state index is 0.0991. The minimum Gasteiger partial charge on any atom is -0.461 e. The molecule has 1 aromatic rings. The molecule has 122 valence electrons. The molecule has 0 fully saturated rings. The summed E-state index contributed by atoms with van der Waals surface area (Å²) in [6.45, 7) is 5.63. The number of carbonyl (C=O) groups is 2. The first-order chi connectivity index (χ1) is 10.4. The van der Waals surface area contributed by atoms with E-state index < -0.39 is 5.97 Å². The van der Waals surface area contributed by atoms with E-state index in [4.69, 9.17) is 4.74 Å². The smallest absolute Gasteiger partial charge is 0.356 e. The van der Waals surface area contributed by atoms with Crippen LogP contribution in [0.5, 0.6) is 0 Å². The lowest BCUT2D eigenvalue weighted by atomic mass is 10.2. The molecule has 0 aliphatic rings. The second-order valence-corrected chi connectivity index (χ2v) is 4.84. The number of aromatic nitrogens is 1. The van der Waals surface area contributed by atoms with E-state index in [-0.39, 0.29) is 11.5 Å². The molecule has 0 aliphatic heterocycles. The highest BCUT2D eigenvalue weighted by Crippen LogP contribution is 2.04. The zero-order valence-electron chi connectivity index (χ0n) is 14.1. The number of carbonyl (C=O) groups excluding carboxylic acids is 2. The SMILES string of the molecule is CCC/C=C\N(C)C.CCOC(=O)c1cc(C(C)=O)ccn1. The highest BCUT2D eigenvalue weighted by atomic mass is 16.5. The number of hydrogen-bond acceptors (Lipinski definition) is 5. The summed E-state index contributed by atoms with van der Waals surface area (Å²) in [5, 5.41) is 0. The third kappa shape index (κ3) is 8.89. The molecule has 0 bridgehead atoms. The van der Waals surface area contributed by atoms with Gasteiger partial charge in [-0.2, -0.15) is 0 Å². The number of ketones is 1. The fourth-order valence-electron chi connectivity index (χ4n) is 1.42. The van der Waals surface area contributed by atoms with E-state index in [2.05, 4.69) is 29.1 Å². The second kappa shape index (κ2) is 11.5. The molecular formula is C17H26N2O3. The van der Waals surface area contributed by atoms with Gasteiger partial charge in [0.05, 0.1) is 6.61 Å². The number of pyridine rings is 1. The predicted molar refractivity (Wildman–Crippen MR) is 87.9 cm³/mol. The number of nitrogens with zero attached hydrogens (tertiary/aromatic N) is 2. The lowest BCUT2D eigenvalue weighted by molar-refractivity contribution is 0.0519. The molecule has 1 heterocycles. The van der Waals surface area contributed by atoms with Crippen LogP contribution in [0.3, 0.4) is 0 Å². The third-order valence-electron chi connectivity index (χ3n) is 2.51. The van der Waals surface area contributed by atoms with Gasteiger partial charge >= 0.3 is 5.97 Å². The van der Waals surface area contributed by atoms with Crippen LogP contribution in [-0.2, 0) is 4.74 Å². The maximum Gasteiger partial charge on any atom is 0.356 e. The predicted octanol–water partition coefficient (Wildman–Crippen LogP) is 3.32. The Hall–Kier alpha value is -2.17. The van der Waals surface area contributed by atoms with Crippen molar-refractivity contribution >= 4 is 11.8 Å². The van der Waals surface area contributed by atoms with E-state index in [0.717, 1.165) is 0 Å².